The maximum atomic E-state index is 5.39. The van der Waals surface area contributed by atoms with Crippen LogP contribution in [0.4, 0.5) is 0 Å². The molecule has 0 bridgehead atoms. The maximum Gasteiger partial charge on any atom is 0.161 e. The van der Waals surface area contributed by atoms with Crippen LogP contribution in [0.5, 0.6) is 11.5 Å². The van der Waals surface area contributed by atoms with Crippen molar-refractivity contribution in [3.05, 3.63) is 42.2 Å². The number of hydrogen-bond donors (Lipinski definition) is 1. The van der Waals surface area contributed by atoms with Crippen molar-refractivity contribution in [3.8, 4) is 11.5 Å². The lowest BCUT2D eigenvalue weighted by atomic mass is 10.1. The highest BCUT2D eigenvalue weighted by Gasteiger charge is 2.14. The molecule has 0 radical (unpaired) electrons. The average molecular weight is 289 g/mol. The molecule has 1 N–H and O–H groups in total. The van der Waals surface area contributed by atoms with Crippen LogP contribution in [0.1, 0.15) is 24.9 Å². The molecule has 0 spiro atoms. The summed E-state index contributed by atoms with van der Waals surface area (Å²) in [7, 11) is 3.30. The molecular formula is C16H23N3O2. The number of benzene rings is 1. The molecule has 2 aromatic rings. The summed E-state index contributed by atoms with van der Waals surface area (Å²) in [6.07, 6.45) is 4.86. The van der Waals surface area contributed by atoms with Gasteiger partial charge in [-0.05, 0) is 36.7 Å². The molecule has 1 atom stereocenters. The van der Waals surface area contributed by atoms with Crippen molar-refractivity contribution in [1.29, 1.82) is 0 Å². The second-order valence-electron chi connectivity index (χ2n) is 4.85. The molecule has 0 fully saturated rings. The zero-order valence-electron chi connectivity index (χ0n) is 12.9. The molecule has 0 saturated heterocycles. The summed E-state index contributed by atoms with van der Waals surface area (Å²) in [5, 5.41) is 7.84. The van der Waals surface area contributed by atoms with Gasteiger partial charge in [0.15, 0.2) is 11.5 Å². The smallest absolute Gasteiger partial charge is 0.161 e. The summed E-state index contributed by atoms with van der Waals surface area (Å²) >= 11 is 0. The van der Waals surface area contributed by atoms with E-state index in [0.29, 0.717) is 0 Å². The number of nitrogens with zero attached hydrogens (tertiary/aromatic N) is 2. The molecule has 0 saturated carbocycles. The third-order valence-electron chi connectivity index (χ3n) is 3.38. The minimum Gasteiger partial charge on any atom is -0.493 e. The average Bonchev–Trinajstić information content (AvgIpc) is 3.03. The standard InChI is InChI=1S/C16H23N3O2/c1-4-8-17-14(12-19-10-5-9-18-19)13-6-7-15(20-2)16(11-13)21-3/h5-7,9-11,14,17H,4,8,12H2,1-3H3. The van der Waals surface area contributed by atoms with E-state index in [1.807, 2.05) is 29.1 Å². The van der Waals surface area contributed by atoms with E-state index in [9.17, 15) is 0 Å². The van der Waals surface area contributed by atoms with Crippen molar-refractivity contribution in [2.75, 3.05) is 20.8 Å². The lowest BCUT2D eigenvalue weighted by molar-refractivity contribution is 0.353. The Labute approximate surface area is 125 Å². The van der Waals surface area contributed by atoms with Crippen LogP contribution in [0.15, 0.2) is 36.7 Å². The fraction of sp³-hybridized carbons (Fsp3) is 0.438. The summed E-state index contributed by atoms with van der Waals surface area (Å²) in [4.78, 5) is 0. The molecular weight excluding hydrogens is 266 g/mol. The van der Waals surface area contributed by atoms with Gasteiger partial charge in [0.05, 0.1) is 26.8 Å². The van der Waals surface area contributed by atoms with E-state index in [-0.39, 0.29) is 6.04 Å². The summed E-state index contributed by atoms with van der Waals surface area (Å²) in [5.41, 5.74) is 1.16. The molecule has 1 heterocycles. The first-order valence-corrected chi connectivity index (χ1v) is 7.21. The Balaban J connectivity index is 2.22. The van der Waals surface area contributed by atoms with E-state index in [0.717, 1.165) is 36.6 Å². The van der Waals surface area contributed by atoms with Crippen molar-refractivity contribution in [2.45, 2.75) is 25.9 Å². The van der Waals surface area contributed by atoms with Crippen LogP contribution in [-0.2, 0) is 6.54 Å². The number of ether oxygens (including phenoxy) is 2. The molecule has 1 aromatic heterocycles. The zero-order chi connectivity index (χ0) is 15.1. The normalized spacial score (nSPS) is 12.1. The van der Waals surface area contributed by atoms with Gasteiger partial charge in [0.1, 0.15) is 0 Å². The molecule has 0 amide bonds. The molecule has 114 valence electrons. The molecule has 2 rings (SSSR count). The molecule has 1 aromatic carbocycles. The topological polar surface area (TPSA) is 48.3 Å². The summed E-state index contributed by atoms with van der Waals surface area (Å²) in [5.74, 6) is 1.49. The van der Waals surface area contributed by atoms with Crippen molar-refractivity contribution < 1.29 is 9.47 Å². The Bertz CT molecular complexity index is 540. The van der Waals surface area contributed by atoms with Gasteiger partial charge in [-0.15, -0.1) is 0 Å². The van der Waals surface area contributed by atoms with E-state index in [2.05, 4.69) is 23.4 Å². The first kappa shape index (κ1) is 15.4. The molecule has 1 unspecified atom stereocenters. The van der Waals surface area contributed by atoms with E-state index in [1.165, 1.54) is 0 Å². The number of methoxy groups -OCH3 is 2. The first-order chi connectivity index (χ1) is 10.3. The molecule has 0 aliphatic heterocycles. The monoisotopic (exact) mass is 289 g/mol. The Kier molecular flexibility index (Phi) is 5.63. The summed E-state index contributed by atoms with van der Waals surface area (Å²) < 4.78 is 12.6. The third-order valence-corrected chi connectivity index (χ3v) is 3.38. The molecule has 21 heavy (non-hydrogen) atoms. The number of nitrogens with one attached hydrogen (secondary N) is 1. The van der Waals surface area contributed by atoms with E-state index >= 15 is 0 Å². The van der Waals surface area contributed by atoms with Crippen LogP contribution in [0.25, 0.3) is 0 Å². The highest BCUT2D eigenvalue weighted by molar-refractivity contribution is 5.43. The first-order valence-electron chi connectivity index (χ1n) is 7.21. The van der Waals surface area contributed by atoms with Crippen molar-refractivity contribution >= 4 is 0 Å². The van der Waals surface area contributed by atoms with Crippen LogP contribution < -0.4 is 14.8 Å². The molecule has 0 aliphatic carbocycles. The maximum absolute atomic E-state index is 5.39. The minimum atomic E-state index is 0.185. The van der Waals surface area contributed by atoms with Crippen LogP contribution in [0, 0.1) is 0 Å². The van der Waals surface area contributed by atoms with Gasteiger partial charge in [0.2, 0.25) is 0 Å². The molecule has 5 nitrogen and oxygen atoms in total. The van der Waals surface area contributed by atoms with E-state index < -0.39 is 0 Å². The zero-order valence-corrected chi connectivity index (χ0v) is 12.9. The highest BCUT2D eigenvalue weighted by Crippen LogP contribution is 2.30. The van der Waals surface area contributed by atoms with Gasteiger partial charge in [-0.2, -0.15) is 5.10 Å². The molecule has 0 aliphatic rings. The Hall–Kier alpha value is -2.01. The summed E-state index contributed by atoms with van der Waals surface area (Å²) in [6.45, 7) is 3.90. The lowest BCUT2D eigenvalue weighted by Crippen LogP contribution is -2.26. The second-order valence-corrected chi connectivity index (χ2v) is 4.85. The van der Waals surface area contributed by atoms with Crippen LogP contribution in [-0.4, -0.2) is 30.5 Å². The van der Waals surface area contributed by atoms with Gasteiger partial charge < -0.3 is 14.8 Å². The van der Waals surface area contributed by atoms with Gasteiger partial charge in [-0.25, -0.2) is 0 Å². The fourth-order valence-corrected chi connectivity index (χ4v) is 2.27. The predicted molar refractivity (Wildman–Crippen MR) is 82.8 cm³/mol. The van der Waals surface area contributed by atoms with Gasteiger partial charge in [0.25, 0.3) is 0 Å². The third kappa shape index (κ3) is 3.98. The van der Waals surface area contributed by atoms with Crippen molar-refractivity contribution in [3.63, 3.8) is 0 Å². The quantitative estimate of drug-likeness (QED) is 0.811. The molecule has 5 heteroatoms. The Morgan fingerprint density at radius 3 is 2.67 bits per heavy atom. The van der Waals surface area contributed by atoms with Crippen LogP contribution in [0.3, 0.4) is 0 Å². The minimum absolute atomic E-state index is 0.185. The predicted octanol–water partition coefficient (Wildman–Crippen LogP) is 2.64. The van der Waals surface area contributed by atoms with E-state index in [4.69, 9.17) is 9.47 Å². The SMILES string of the molecule is CCCNC(Cn1cccn1)c1ccc(OC)c(OC)c1. The van der Waals surface area contributed by atoms with Gasteiger partial charge >= 0.3 is 0 Å². The second kappa shape index (κ2) is 7.69. The van der Waals surface area contributed by atoms with Crippen molar-refractivity contribution in [1.82, 2.24) is 15.1 Å². The number of hydrogen-bond acceptors (Lipinski definition) is 4. The van der Waals surface area contributed by atoms with E-state index in [1.54, 1.807) is 20.4 Å². The largest absolute Gasteiger partial charge is 0.493 e. The lowest BCUT2D eigenvalue weighted by Gasteiger charge is -2.20. The van der Waals surface area contributed by atoms with Crippen molar-refractivity contribution in [2.24, 2.45) is 0 Å². The Morgan fingerprint density at radius 1 is 1.24 bits per heavy atom. The number of rotatable bonds is 8. The summed E-state index contributed by atoms with van der Waals surface area (Å²) in [6, 6.07) is 8.15. The van der Waals surface area contributed by atoms with Crippen LogP contribution in [0.2, 0.25) is 0 Å². The Morgan fingerprint density at radius 2 is 2.05 bits per heavy atom. The van der Waals surface area contributed by atoms with Gasteiger partial charge in [0, 0.05) is 12.4 Å². The van der Waals surface area contributed by atoms with Gasteiger partial charge in [-0.3, -0.25) is 4.68 Å². The fourth-order valence-electron chi connectivity index (χ4n) is 2.27. The highest BCUT2D eigenvalue weighted by atomic mass is 16.5. The number of aromatic nitrogens is 2. The van der Waals surface area contributed by atoms with Gasteiger partial charge in [-0.1, -0.05) is 13.0 Å². The van der Waals surface area contributed by atoms with Crippen LogP contribution >= 0.6 is 0 Å².